The van der Waals surface area contributed by atoms with Crippen molar-refractivity contribution in [1.82, 2.24) is 4.90 Å². The average Bonchev–Trinajstić information content (AvgIpc) is 2.38. The number of rotatable bonds is 2. The van der Waals surface area contributed by atoms with Crippen LogP contribution in [0.15, 0.2) is 18.2 Å². The molecule has 1 fully saturated rings. The number of hydrogen-bond donors (Lipinski definition) is 1. The van der Waals surface area contributed by atoms with Gasteiger partial charge in [0.2, 0.25) is 0 Å². The average molecular weight is 274 g/mol. The Hall–Kier alpha value is -1.37. The SMILES string of the molecule is CC1CC(C)CN(Cc2ccc(F)c(C#CCN)c2)C1. The van der Waals surface area contributed by atoms with Gasteiger partial charge in [-0.25, -0.2) is 4.39 Å². The maximum atomic E-state index is 13.6. The Morgan fingerprint density at radius 1 is 1.30 bits per heavy atom. The molecule has 108 valence electrons. The van der Waals surface area contributed by atoms with E-state index in [-0.39, 0.29) is 12.4 Å². The number of nitrogens with two attached hydrogens (primary N) is 1. The molecule has 20 heavy (non-hydrogen) atoms. The third kappa shape index (κ3) is 4.06. The van der Waals surface area contributed by atoms with E-state index in [0.717, 1.165) is 37.0 Å². The second kappa shape index (κ2) is 6.88. The van der Waals surface area contributed by atoms with E-state index in [4.69, 9.17) is 5.73 Å². The van der Waals surface area contributed by atoms with Crippen molar-refractivity contribution in [3.8, 4) is 11.8 Å². The molecule has 0 aliphatic carbocycles. The Bertz CT molecular complexity index is 505. The normalized spacial score (nSPS) is 23.2. The van der Waals surface area contributed by atoms with E-state index in [0.29, 0.717) is 5.56 Å². The molecule has 1 aromatic carbocycles. The van der Waals surface area contributed by atoms with Crippen LogP contribution in [-0.2, 0) is 6.54 Å². The van der Waals surface area contributed by atoms with Gasteiger partial charge in [-0.1, -0.05) is 31.8 Å². The summed E-state index contributed by atoms with van der Waals surface area (Å²) in [4.78, 5) is 2.45. The first-order valence-corrected chi connectivity index (χ1v) is 7.28. The molecule has 0 bridgehead atoms. The zero-order chi connectivity index (χ0) is 14.5. The fourth-order valence-electron chi connectivity index (χ4n) is 3.09. The van der Waals surface area contributed by atoms with Crippen LogP contribution in [0.4, 0.5) is 4.39 Å². The van der Waals surface area contributed by atoms with Crippen molar-refractivity contribution in [2.45, 2.75) is 26.8 Å². The Kier molecular flexibility index (Phi) is 5.17. The molecule has 1 aliphatic heterocycles. The molecule has 1 aromatic rings. The zero-order valence-electron chi connectivity index (χ0n) is 12.3. The highest BCUT2D eigenvalue weighted by Gasteiger charge is 2.21. The number of hydrogen-bond acceptors (Lipinski definition) is 2. The molecule has 3 heteroatoms. The van der Waals surface area contributed by atoms with E-state index in [2.05, 4.69) is 30.6 Å². The predicted molar refractivity (Wildman–Crippen MR) is 80.6 cm³/mol. The monoisotopic (exact) mass is 274 g/mol. The number of nitrogens with zero attached hydrogens (tertiary/aromatic N) is 1. The van der Waals surface area contributed by atoms with E-state index in [1.165, 1.54) is 12.5 Å². The molecule has 0 radical (unpaired) electrons. The molecular formula is C17H23FN2. The largest absolute Gasteiger partial charge is 0.320 e. The predicted octanol–water partition coefficient (Wildman–Crippen LogP) is 2.61. The Morgan fingerprint density at radius 2 is 2.00 bits per heavy atom. The van der Waals surface area contributed by atoms with E-state index >= 15 is 0 Å². The van der Waals surface area contributed by atoms with Crippen molar-refractivity contribution in [1.29, 1.82) is 0 Å². The van der Waals surface area contributed by atoms with E-state index in [9.17, 15) is 4.39 Å². The highest BCUT2D eigenvalue weighted by molar-refractivity contribution is 5.38. The first kappa shape index (κ1) is 15.0. The summed E-state index contributed by atoms with van der Waals surface area (Å²) in [7, 11) is 0. The molecule has 1 aliphatic rings. The molecule has 2 N–H and O–H groups in total. The van der Waals surface area contributed by atoms with Crippen LogP contribution in [0.5, 0.6) is 0 Å². The van der Waals surface area contributed by atoms with Crippen molar-refractivity contribution in [3.05, 3.63) is 35.1 Å². The topological polar surface area (TPSA) is 29.3 Å². The Labute approximate surface area is 121 Å². The smallest absolute Gasteiger partial charge is 0.138 e. The molecule has 0 aromatic heterocycles. The van der Waals surface area contributed by atoms with Crippen LogP contribution >= 0.6 is 0 Å². The first-order chi connectivity index (χ1) is 9.58. The number of halogens is 1. The van der Waals surface area contributed by atoms with E-state index in [1.54, 1.807) is 0 Å². The third-order valence-electron chi connectivity index (χ3n) is 3.71. The van der Waals surface area contributed by atoms with E-state index < -0.39 is 0 Å². The van der Waals surface area contributed by atoms with Gasteiger partial charge in [0.25, 0.3) is 0 Å². The third-order valence-corrected chi connectivity index (χ3v) is 3.71. The van der Waals surface area contributed by atoms with Gasteiger partial charge in [-0.2, -0.15) is 0 Å². The summed E-state index contributed by atoms with van der Waals surface area (Å²) in [5.74, 6) is 6.71. The molecule has 0 amide bonds. The van der Waals surface area contributed by atoms with Crippen molar-refractivity contribution in [2.75, 3.05) is 19.6 Å². The van der Waals surface area contributed by atoms with Crippen LogP contribution in [-0.4, -0.2) is 24.5 Å². The lowest BCUT2D eigenvalue weighted by molar-refractivity contribution is 0.134. The first-order valence-electron chi connectivity index (χ1n) is 7.28. The lowest BCUT2D eigenvalue weighted by Crippen LogP contribution is -2.38. The standard InChI is InChI=1S/C17H23FN2/c1-13-8-14(2)11-20(10-13)12-15-5-6-17(18)16(9-15)4-3-7-19/h5-6,9,13-14H,7-8,10-12,19H2,1-2H3. The van der Waals surface area contributed by atoms with Gasteiger partial charge in [-0.05, 0) is 36.0 Å². The molecule has 2 nitrogen and oxygen atoms in total. The fourth-order valence-corrected chi connectivity index (χ4v) is 3.09. The van der Waals surface area contributed by atoms with Gasteiger partial charge in [-0.3, -0.25) is 4.90 Å². The van der Waals surface area contributed by atoms with Gasteiger partial charge in [-0.15, -0.1) is 0 Å². The summed E-state index contributed by atoms with van der Waals surface area (Å²) < 4.78 is 13.6. The lowest BCUT2D eigenvalue weighted by atomic mass is 9.91. The molecule has 1 saturated heterocycles. The highest BCUT2D eigenvalue weighted by atomic mass is 19.1. The van der Waals surface area contributed by atoms with Crippen LogP contribution in [0, 0.1) is 29.5 Å². The summed E-state index contributed by atoms with van der Waals surface area (Å²) in [6.07, 6.45) is 1.30. The lowest BCUT2D eigenvalue weighted by Gasteiger charge is -2.35. The summed E-state index contributed by atoms with van der Waals surface area (Å²) in [5.41, 5.74) is 6.91. The summed E-state index contributed by atoms with van der Waals surface area (Å²) in [5, 5.41) is 0. The Morgan fingerprint density at radius 3 is 2.65 bits per heavy atom. The minimum absolute atomic E-state index is 0.255. The summed E-state index contributed by atoms with van der Waals surface area (Å²) >= 11 is 0. The van der Waals surface area contributed by atoms with Gasteiger partial charge in [0.15, 0.2) is 0 Å². The van der Waals surface area contributed by atoms with Crippen LogP contribution in [0.3, 0.4) is 0 Å². The maximum absolute atomic E-state index is 13.6. The van der Waals surface area contributed by atoms with E-state index in [1.807, 2.05) is 12.1 Å². The summed E-state index contributed by atoms with van der Waals surface area (Å²) in [6, 6.07) is 5.21. The zero-order valence-corrected chi connectivity index (χ0v) is 12.3. The van der Waals surface area contributed by atoms with Crippen LogP contribution < -0.4 is 5.73 Å². The van der Waals surface area contributed by atoms with Crippen molar-refractivity contribution in [3.63, 3.8) is 0 Å². The second-order valence-electron chi connectivity index (χ2n) is 5.96. The minimum Gasteiger partial charge on any atom is -0.320 e. The van der Waals surface area contributed by atoms with Gasteiger partial charge in [0.1, 0.15) is 5.82 Å². The van der Waals surface area contributed by atoms with Crippen LogP contribution in [0.25, 0.3) is 0 Å². The molecular weight excluding hydrogens is 251 g/mol. The van der Waals surface area contributed by atoms with Gasteiger partial charge in [0, 0.05) is 19.6 Å². The maximum Gasteiger partial charge on any atom is 0.138 e. The molecule has 0 saturated carbocycles. The summed E-state index contributed by atoms with van der Waals surface area (Å²) in [6.45, 7) is 7.95. The van der Waals surface area contributed by atoms with Crippen molar-refractivity contribution in [2.24, 2.45) is 17.6 Å². The Balaban J connectivity index is 2.09. The van der Waals surface area contributed by atoms with Crippen LogP contribution in [0.1, 0.15) is 31.4 Å². The van der Waals surface area contributed by atoms with Gasteiger partial charge >= 0.3 is 0 Å². The number of piperidine rings is 1. The number of likely N-dealkylation sites (tertiary alicyclic amines) is 1. The second-order valence-corrected chi connectivity index (χ2v) is 5.96. The quantitative estimate of drug-likeness (QED) is 0.840. The fraction of sp³-hybridized carbons (Fsp3) is 0.529. The van der Waals surface area contributed by atoms with Gasteiger partial charge in [0.05, 0.1) is 12.1 Å². The highest BCUT2D eigenvalue weighted by Crippen LogP contribution is 2.22. The van der Waals surface area contributed by atoms with Crippen molar-refractivity contribution >= 4 is 0 Å². The molecule has 2 atom stereocenters. The van der Waals surface area contributed by atoms with Crippen LogP contribution in [0.2, 0.25) is 0 Å². The molecule has 2 rings (SSSR count). The van der Waals surface area contributed by atoms with Gasteiger partial charge < -0.3 is 5.73 Å². The molecule has 0 spiro atoms. The number of benzene rings is 1. The minimum atomic E-state index is -0.268. The molecule has 2 unspecified atom stereocenters. The molecule has 1 heterocycles. The van der Waals surface area contributed by atoms with Crippen molar-refractivity contribution < 1.29 is 4.39 Å².